The fraction of sp³-hybridized carbons (Fsp3) is 0.370. The maximum atomic E-state index is 13.6. The SMILES string of the molecule is C[C@@H]1CN([C@@H](C)CO)C(=O)c2cc(NS(=O)(=O)c3cn(C)cn3)ccc2O[C@H]1CN(C)C(=O)Nc1ccccc1. The van der Waals surface area contributed by atoms with Gasteiger partial charge in [-0.05, 0) is 37.3 Å². The number of nitrogens with zero attached hydrogens (tertiary/aromatic N) is 4. The zero-order chi connectivity index (χ0) is 29.0. The van der Waals surface area contributed by atoms with Crippen LogP contribution in [-0.2, 0) is 17.1 Å². The lowest BCUT2D eigenvalue weighted by Gasteiger charge is -2.38. The minimum atomic E-state index is -4.00. The van der Waals surface area contributed by atoms with Crippen LogP contribution in [0.1, 0.15) is 24.2 Å². The van der Waals surface area contributed by atoms with Crippen molar-refractivity contribution >= 4 is 33.3 Å². The number of aliphatic hydroxyl groups is 1. The number of imidazole rings is 1. The number of aliphatic hydroxyl groups excluding tert-OH is 1. The lowest BCUT2D eigenvalue weighted by molar-refractivity contribution is 0.0371. The number of likely N-dealkylation sites (N-methyl/N-ethyl adjacent to an activating group) is 1. The highest BCUT2D eigenvalue weighted by Gasteiger charge is 2.34. The van der Waals surface area contributed by atoms with Crippen molar-refractivity contribution in [3.8, 4) is 5.75 Å². The quantitative estimate of drug-likeness (QED) is 0.377. The number of anilines is 2. The fourth-order valence-electron chi connectivity index (χ4n) is 4.33. The third-order valence-electron chi connectivity index (χ3n) is 6.70. The topological polar surface area (TPSA) is 146 Å². The number of fused-ring (bicyclic) bond motifs is 1. The van der Waals surface area contributed by atoms with Gasteiger partial charge in [-0.25, -0.2) is 9.78 Å². The first-order valence-corrected chi connectivity index (χ1v) is 14.3. The van der Waals surface area contributed by atoms with Gasteiger partial charge in [-0.1, -0.05) is 25.1 Å². The molecule has 1 aliphatic heterocycles. The van der Waals surface area contributed by atoms with Gasteiger partial charge in [0.05, 0.1) is 31.1 Å². The summed E-state index contributed by atoms with van der Waals surface area (Å²) in [6, 6.07) is 12.7. The van der Waals surface area contributed by atoms with Crippen LogP contribution in [0.4, 0.5) is 16.2 Å². The second-order valence-corrected chi connectivity index (χ2v) is 11.6. The van der Waals surface area contributed by atoms with Gasteiger partial charge in [0, 0.05) is 44.1 Å². The molecule has 12 nitrogen and oxygen atoms in total. The minimum Gasteiger partial charge on any atom is -0.487 e. The van der Waals surface area contributed by atoms with E-state index in [2.05, 4.69) is 15.0 Å². The molecule has 2 aromatic carbocycles. The fourth-order valence-corrected chi connectivity index (χ4v) is 5.36. The molecule has 0 radical (unpaired) electrons. The molecule has 1 aromatic heterocycles. The average Bonchev–Trinajstić information content (AvgIpc) is 3.38. The van der Waals surface area contributed by atoms with Crippen LogP contribution in [0.15, 0.2) is 66.1 Å². The van der Waals surface area contributed by atoms with Crippen molar-refractivity contribution in [1.82, 2.24) is 19.4 Å². The van der Waals surface area contributed by atoms with Crippen LogP contribution in [0.2, 0.25) is 0 Å². The molecule has 3 N–H and O–H groups in total. The second-order valence-electron chi connectivity index (χ2n) is 9.99. The Hall–Kier alpha value is -4.10. The zero-order valence-corrected chi connectivity index (χ0v) is 23.6. The molecule has 13 heteroatoms. The number of aryl methyl sites for hydroxylation is 1. The van der Waals surface area contributed by atoms with Crippen molar-refractivity contribution in [3.63, 3.8) is 0 Å². The molecule has 2 heterocycles. The third kappa shape index (κ3) is 6.54. The van der Waals surface area contributed by atoms with Gasteiger partial charge < -0.3 is 29.5 Å². The highest BCUT2D eigenvalue weighted by Crippen LogP contribution is 2.31. The molecule has 0 saturated heterocycles. The van der Waals surface area contributed by atoms with Crippen molar-refractivity contribution in [2.45, 2.75) is 31.0 Å². The van der Waals surface area contributed by atoms with E-state index in [1.807, 2.05) is 25.1 Å². The van der Waals surface area contributed by atoms with Crippen molar-refractivity contribution in [3.05, 3.63) is 66.6 Å². The van der Waals surface area contributed by atoms with Gasteiger partial charge in [0.25, 0.3) is 15.9 Å². The van der Waals surface area contributed by atoms with Crippen molar-refractivity contribution in [1.29, 1.82) is 0 Å². The number of para-hydroxylation sites is 1. The smallest absolute Gasteiger partial charge is 0.321 e. The molecule has 214 valence electrons. The van der Waals surface area contributed by atoms with Gasteiger partial charge in [0.15, 0.2) is 5.03 Å². The summed E-state index contributed by atoms with van der Waals surface area (Å²) >= 11 is 0. The molecule has 3 aromatic rings. The molecule has 3 amide bonds. The number of benzene rings is 2. The first-order valence-electron chi connectivity index (χ1n) is 12.8. The second kappa shape index (κ2) is 12.0. The van der Waals surface area contributed by atoms with Crippen LogP contribution in [0, 0.1) is 5.92 Å². The number of amides is 3. The Labute approximate surface area is 233 Å². The Morgan fingerprint density at radius 2 is 1.95 bits per heavy atom. The summed E-state index contributed by atoms with van der Waals surface area (Å²) in [5, 5.41) is 12.6. The van der Waals surface area contributed by atoms with Gasteiger partial charge in [-0.2, -0.15) is 8.42 Å². The number of aromatic nitrogens is 2. The standard InChI is InChI=1S/C27H34N6O6S/c1-18-13-33(19(2)16-34)26(35)22-12-21(30-40(37,38)25-15-31(3)17-28-25)10-11-23(22)39-24(18)14-32(4)27(36)29-20-8-6-5-7-9-20/h5-12,15,17-19,24,30,34H,13-14,16H2,1-4H3,(H,29,36)/t18-,19+,24+/m1/s1. The molecule has 0 unspecified atom stereocenters. The van der Waals surface area contributed by atoms with Gasteiger partial charge in [0.1, 0.15) is 11.9 Å². The number of sulfonamides is 1. The molecule has 0 saturated carbocycles. The molecule has 4 rings (SSSR count). The Balaban J connectivity index is 1.61. The monoisotopic (exact) mass is 570 g/mol. The van der Waals surface area contributed by atoms with Gasteiger partial charge >= 0.3 is 6.03 Å². The molecule has 0 fully saturated rings. The third-order valence-corrected chi connectivity index (χ3v) is 7.97. The van der Waals surface area contributed by atoms with Crippen LogP contribution < -0.4 is 14.8 Å². The average molecular weight is 571 g/mol. The summed E-state index contributed by atoms with van der Waals surface area (Å²) in [6.07, 6.45) is 2.23. The summed E-state index contributed by atoms with van der Waals surface area (Å²) < 4.78 is 35.9. The van der Waals surface area contributed by atoms with Crippen LogP contribution in [0.5, 0.6) is 5.75 Å². The van der Waals surface area contributed by atoms with E-state index >= 15 is 0 Å². The number of hydrogen-bond donors (Lipinski definition) is 3. The zero-order valence-electron chi connectivity index (χ0n) is 22.8. The predicted octanol–water partition coefficient (Wildman–Crippen LogP) is 2.60. The molecule has 0 bridgehead atoms. The highest BCUT2D eigenvalue weighted by molar-refractivity contribution is 7.92. The lowest BCUT2D eigenvalue weighted by Crippen LogP contribution is -2.50. The Morgan fingerprint density at radius 3 is 2.60 bits per heavy atom. The van der Waals surface area contributed by atoms with E-state index in [9.17, 15) is 23.1 Å². The van der Waals surface area contributed by atoms with E-state index in [4.69, 9.17) is 4.74 Å². The highest BCUT2D eigenvalue weighted by atomic mass is 32.2. The predicted molar refractivity (Wildman–Crippen MR) is 150 cm³/mol. The van der Waals surface area contributed by atoms with Crippen molar-refractivity contribution < 1.29 is 27.9 Å². The first kappa shape index (κ1) is 28.9. The normalized spacial score (nSPS) is 18.1. The van der Waals surface area contributed by atoms with Gasteiger partial charge in [-0.3, -0.25) is 9.52 Å². The van der Waals surface area contributed by atoms with E-state index in [0.29, 0.717) is 5.69 Å². The van der Waals surface area contributed by atoms with Crippen LogP contribution in [-0.4, -0.2) is 83.7 Å². The summed E-state index contributed by atoms with van der Waals surface area (Å²) in [5.74, 6) is -0.370. The molecule has 0 spiro atoms. The molecule has 40 heavy (non-hydrogen) atoms. The number of ether oxygens (including phenoxy) is 1. The van der Waals surface area contributed by atoms with Crippen molar-refractivity contribution in [2.75, 3.05) is 36.8 Å². The first-order chi connectivity index (χ1) is 19.0. The largest absolute Gasteiger partial charge is 0.487 e. The number of hydrogen-bond acceptors (Lipinski definition) is 7. The summed E-state index contributed by atoms with van der Waals surface area (Å²) in [7, 11) is -0.684. The maximum absolute atomic E-state index is 13.6. The number of nitrogens with one attached hydrogen (secondary N) is 2. The molecular weight excluding hydrogens is 536 g/mol. The number of urea groups is 1. The molecule has 3 atom stereocenters. The minimum absolute atomic E-state index is 0.134. The van der Waals surface area contributed by atoms with Crippen LogP contribution in [0.3, 0.4) is 0 Å². The van der Waals surface area contributed by atoms with E-state index < -0.39 is 28.1 Å². The van der Waals surface area contributed by atoms with E-state index in [1.165, 1.54) is 40.2 Å². The number of rotatable bonds is 8. The van der Waals surface area contributed by atoms with Gasteiger partial charge in [0.2, 0.25) is 0 Å². The van der Waals surface area contributed by atoms with E-state index in [0.717, 1.165) is 0 Å². The number of carbonyl (C=O) groups is 2. The Kier molecular flexibility index (Phi) is 8.64. The maximum Gasteiger partial charge on any atom is 0.321 e. The van der Waals surface area contributed by atoms with E-state index in [1.54, 1.807) is 38.1 Å². The van der Waals surface area contributed by atoms with E-state index in [-0.39, 0.29) is 53.7 Å². The summed E-state index contributed by atoms with van der Waals surface area (Å²) in [4.78, 5) is 33.4. The van der Waals surface area contributed by atoms with Gasteiger partial charge in [-0.15, -0.1) is 0 Å². The Bertz CT molecular complexity index is 1460. The number of carbonyl (C=O) groups excluding carboxylic acids is 2. The summed E-state index contributed by atoms with van der Waals surface area (Å²) in [6.45, 7) is 3.85. The molecular formula is C27H34N6O6S. The molecule has 1 aliphatic rings. The van der Waals surface area contributed by atoms with Crippen molar-refractivity contribution in [2.24, 2.45) is 13.0 Å². The van der Waals surface area contributed by atoms with Crippen LogP contribution in [0.25, 0.3) is 0 Å². The Morgan fingerprint density at radius 1 is 1.23 bits per heavy atom. The summed E-state index contributed by atoms with van der Waals surface area (Å²) in [5.41, 5.74) is 0.947. The molecule has 0 aliphatic carbocycles. The van der Waals surface area contributed by atoms with Crippen LogP contribution >= 0.6 is 0 Å². The lowest BCUT2D eigenvalue weighted by atomic mass is 9.99.